The van der Waals surface area contributed by atoms with Crippen molar-refractivity contribution < 1.29 is 24.5 Å². The van der Waals surface area contributed by atoms with Crippen LogP contribution in [0.15, 0.2) is 18.7 Å². The van der Waals surface area contributed by atoms with Gasteiger partial charge in [-0.05, 0) is 0 Å². The number of hydrogen-bond acceptors (Lipinski definition) is 7. The summed E-state index contributed by atoms with van der Waals surface area (Å²) >= 11 is 0. The summed E-state index contributed by atoms with van der Waals surface area (Å²) in [7, 11) is 0. The summed E-state index contributed by atoms with van der Waals surface area (Å²) in [6, 6.07) is 0.654. The summed E-state index contributed by atoms with van der Waals surface area (Å²) in [4.78, 5) is 44.2. The lowest BCUT2D eigenvalue weighted by atomic mass is 10.1. The molecule has 1 aliphatic heterocycles. The maximum atomic E-state index is 12.0. The van der Waals surface area contributed by atoms with Crippen LogP contribution in [0.4, 0.5) is 11.4 Å². The number of aromatic hydroxyl groups is 1. The normalized spacial score (nSPS) is 13.2. The number of imide groups is 1. The Kier molecular flexibility index (Phi) is 3.14. The number of phenols is 1. The van der Waals surface area contributed by atoms with Crippen molar-refractivity contribution in [1.29, 1.82) is 0 Å². The molecule has 0 radical (unpaired) electrons. The van der Waals surface area contributed by atoms with Gasteiger partial charge in [-0.15, -0.1) is 6.58 Å². The van der Waals surface area contributed by atoms with Crippen LogP contribution in [0.2, 0.25) is 0 Å². The van der Waals surface area contributed by atoms with E-state index < -0.39 is 49.9 Å². The number of phenolic OH excluding ortho intramolecular Hbond substituents is 1. The highest BCUT2D eigenvalue weighted by Crippen LogP contribution is 2.43. The highest BCUT2D eigenvalue weighted by atomic mass is 16.6. The Labute approximate surface area is 116 Å². The van der Waals surface area contributed by atoms with Crippen LogP contribution in [0.3, 0.4) is 0 Å². The van der Waals surface area contributed by atoms with E-state index in [1.165, 1.54) is 6.08 Å². The van der Waals surface area contributed by atoms with Crippen LogP contribution in [0, 0.1) is 20.2 Å². The van der Waals surface area contributed by atoms with Crippen LogP contribution in [0.1, 0.15) is 20.7 Å². The number of nitrogens with zero attached hydrogens (tertiary/aromatic N) is 3. The van der Waals surface area contributed by atoms with Gasteiger partial charge in [0, 0.05) is 12.6 Å². The van der Waals surface area contributed by atoms with E-state index in [0.29, 0.717) is 11.0 Å². The fourth-order valence-corrected chi connectivity index (χ4v) is 2.01. The van der Waals surface area contributed by atoms with Gasteiger partial charge in [0.15, 0.2) is 0 Å². The summed E-state index contributed by atoms with van der Waals surface area (Å²) in [5.74, 6) is -3.18. The number of carbonyl (C=O) groups is 2. The van der Waals surface area contributed by atoms with Crippen LogP contribution in [-0.4, -0.2) is 38.2 Å². The summed E-state index contributed by atoms with van der Waals surface area (Å²) < 4.78 is 0. The summed E-state index contributed by atoms with van der Waals surface area (Å²) in [6.07, 6.45) is 1.22. The fraction of sp³-hybridized carbons (Fsp3) is 0.0909. The van der Waals surface area contributed by atoms with Crippen LogP contribution >= 0.6 is 0 Å². The van der Waals surface area contributed by atoms with Crippen LogP contribution < -0.4 is 0 Å². The molecule has 21 heavy (non-hydrogen) atoms. The van der Waals surface area contributed by atoms with Crippen molar-refractivity contribution >= 4 is 23.2 Å². The smallest absolute Gasteiger partial charge is 0.331 e. The third-order valence-electron chi connectivity index (χ3n) is 2.88. The number of fused-ring (bicyclic) bond motifs is 1. The maximum Gasteiger partial charge on any atom is 0.331 e. The number of amides is 2. The van der Waals surface area contributed by atoms with Crippen LogP contribution in [-0.2, 0) is 0 Å². The van der Waals surface area contributed by atoms with Gasteiger partial charge in [0.1, 0.15) is 5.56 Å². The molecule has 0 unspecified atom stereocenters. The van der Waals surface area contributed by atoms with Gasteiger partial charge >= 0.3 is 11.4 Å². The van der Waals surface area contributed by atoms with Gasteiger partial charge in [-0.25, -0.2) is 0 Å². The average molecular weight is 293 g/mol. The quantitative estimate of drug-likeness (QED) is 0.377. The van der Waals surface area contributed by atoms with Gasteiger partial charge in [0.05, 0.1) is 15.4 Å². The molecule has 0 spiro atoms. The molecular formula is C11H7N3O7. The number of nitro benzene ring substituents is 2. The van der Waals surface area contributed by atoms with Crippen molar-refractivity contribution in [2.45, 2.75) is 0 Å². The Morgan fingerprint density at radius 3 is 2.33 bits per heavy atom. The first kappa shape index (κ1) is 14.1. The molecule has 2 amide bonds. The molecule has 0 aliphatic carbocycles. The SMILES string of the molecule is C=CCN1C(=O)c2cc([N+](=O)[O-])c(O)c([N+](=O)[O-])c2C1=O. The molecule has 1 aromatic carbocycles. The molecular weight excluding hydrogens is 286 g/mol. The van der Waals surface area contributed by atoms with E-state index in [-0.39, 0.29) is 6.54 Å². The van der Waals surface area contributed by atoms with Crippen molar-refractivity contribution in [2.24, 2.45) is 0 Å². The Morgan fingerprint density at radius 2 is 1.86 bits per heavy atom. The Balaban J connectivity index is 2.82. The molecule has 1 heterocycles. The van der Waals surface area contributed by atoms with Crippen LogP contribution in [0.25, 0.3) is 0 Å². The predicted octanol–water partition coefficient (Wildman–Crippen LogP) is 0.991. The highest BCUT2D eigenvalue weighted by Gasteiger charge is 2.45. The van der Waals surface area contributed by atoms with Gasteiger partial charge in [-0.1, -0.05) is 6.08 Å². The van der Waals surface area contributed by atoms with Crippen molar-refractivity contribution in [2.75, 3.05) is 6.54 Å². The first-order chi connectivity index (χ1) is 9.81. The number of hydrogen-bond donors (Lipinski definition) is 1. The third kappa shape index (κ3) is 1.89. The number of benzene rings is 1. The van der Waals surface area contributed by atoms with E-state index in [0.717, 1.165) is 0 Å². The lowest BCUT2D eigenvalue weighted by Crippen LogP contribution is -2.29. The second kappa shape index (κ2) is 4.67. The Hall–Kier alpha value is -3.30. The van der Waals surface area contributed by atoms with E-state index in [1.807, 2.05) is 0 Å². The molecule has 0 bridgehead atoms. The molecule has 108 valence electrons. The Bertz CT molecular complexity index is 725. The first-order valence-electron chi connectivity index (χ1n) is 5.47. The van der Waals surface area contributed by atoms with E-state index in [4.69, 9.17) is 0 Å². The molecule has 10 nitrogen and oxygen atoms in total. The second-order valence-corrected chi connectivity index (χ2v) is 4.04. The van der Waals surface area contributed by atoms with Gasteiger partial charge in [0.25, 0.3) is 17.6 Å². The molecule has 0 aromatic heterocycles. The minimum atomic E-state index is -1.26. The zero-order valence-electron chi connectivity index (χ0n) is 10.3. The minimum Gasteiger partial charge on any atom is -0.497 e. The molecule has 1 N–H and O–H groups in total. The molecule has 1 aromatic rings. The summed E-state index contributed by atoms with van der Waals surface area (Å²) in [5, 5.41) is 31.4. The third-order valence-corrected chi connectivity index (χ3v) is 2.88. The molecule has 2 rings (SSSR count). The maximum absolute atomic E-state index is 12.0. The first-order valence-corrected chi connectivity index (χ1v) is 5.47. The number of carbonyl (C=O) groups excluding carboxylic acids is 2. The van der Waals surface area contributed by atoms with Gasteiger partial charge in [0.2, 0.25) is 0 Å². The van der Waals surface area contributed by atoms with Crippen molar-refractivity contribution in [3.05, 3.63) is 50.1 Å². The lowest BCUT2D eigenvalue weighted by Gasteiger charge is -2.09. The van der Waals surface area contributed by atoms with E-state index in [2.05, 4.69) is 6.58 Å². The largest absolute Gasteiger partial charge is 0.497 e. The van der Waals surface area contributed by atoms with E-state index in [9.17, 15) is 34.9 Å². The number of nitro groups is 2. The molecule has 0 saturated heterocycles. The summed E-state index contributed by atoms with van der Waals surface area (Å²) in [6.45, 7) is 3.13. The average Bonchev–Trinajstić information content (AvgIpc) is 2.62. The molecule has 0 saturated carbocycles. The van der Waals surface area contributed by atoms with Gasteiger partial charge < -0.3 is 5.11 Å². The van der Waals surface area contributed by atoms with E-state index >= 15 is 0 Å². The second-order valence-electron chi connectivity index (χ2n) is 4.04. The zero-order chi connectivity index (χ0) is 15.9. The monoisotopic (exact) mass is 293 g/mol. The summed E-state index contributed by atoms with van der Waals surface area (Å²) in [5.41, 5.74) is -3.31. The lowest BCUT2D eigenvalue weighted by molar-refractivity contribution is -0.396. The predicted molar refractivity (Wildman–Crippen MR) is 67.0 cm³/mol. The van der Waals surface area contributed by atoms with E-state index in [1.54, 1.807) is 0 Å². The molecule has 0 atom stereocenters. The van der Waals surface area contributed by atoms with Crippen LogP contribution in [0.5, 0.6) is 5.75 Å². The number of rotatable bonds is 4. The molecule has 10 heteroatoms. The van der Waals surface area contributed by atoms with Crippen molar-refractivity contribution in [3.63, 3.8) is 0 Å². The van der Waals surface area contributed by atoms with Gasteiger partial charge in [-0.3, -0.25) is 34.7 Å². The highest BCUT2D eigenvalue weighted by molar-refractivity contribution is 6.24. The van der Waals surface area contributed by atoms with Crippen molar-refractivity contribution in [1.82, 2.24) is 4.90 Å². The van der Waals surface area contributed by atoms with Crippen molar-refractivity contribution in [3.8, 4) is 5.75 Å². The fourth-order valence-electron chi connectivity index (χ4n) is 2.01. The minimum absolute atomic E-state index is 0.210. The Morgan fingerprint density at radius 1 is 1.24 bits per heavy atom. The standard InChI is InChI=1S/C11H7N3O7/c1-2-3-12-10(16)5-4-6(13(18)19)9(15)8(14(20)21)7(5)11(12)17/h2,4,15H,1,3H2. The molecule has 1 aliphatic rings. The zero-order valence-corrected chi connectivity index (χ0v) is 10.3. The van der Waals surface area contributed by atoms with Gasteiger partial charge in [-0.2, -0.15) is 0 Å². The molecule has 0 fully saturated rings. The topological polar surface area (TPSA) is 144 Å².